The zero-order valence-electron chi connectivity index (χ0n) is 12.7. The van der Waals surface area contributed by atoms with Gasteiger partial charge in [0, 0.05) is 17.1 Å². The van der Waals surface area contributed by atoms with Crippen molar-refractivity contribution >= 4 is 17.6 Å². The molecule has 0 spiro atoms. The molecule has 1 saturated heterocycles. The summed E-state index contributed by atoms with van der Waals surface area (Å²) in [6.07, 6.45) is 1.67. The third-order valence-electron chi connectivity index (χ3n) is 3.43. The molecule has 1 heterocycles. The third kappa shape index (κ3) is 4.42. The van der Waals surface area contributed by atoms with Crippen LogP contribution in [0.2, 0.25) is 5.02 Å². The topological polar surface area (TPSA) is 29.5 Å². The molecule has 116 valence electrons. The van der Waals surface area contributed by atoms with E-state index in [1.807, 2.05) is 25.7 Å². The summed E-state index contributed by atoms with van der Waals surface area (Å²) in [6.45, 7) is 6.72. The predicted octanol–water partition coefficient (Wildman–Crippen LogP) is 3.79. The summed E-state index contributed by atoms with van der Waals surface area (Å²) >= 11 is 5.76. The van der Waals surface area contributed by atoms with Crippen LogP contribution >= 0.6 is 11.6 Å². The van der Waals surface area contributed by atoms with Gasteiger partial charge in [-0.05, 0) is 52.3 Å². The van der Waals surface area contributed by atoms with E-state index >= 15 is 0 Å². The van der Waals surface area contributed by atoms with Crippen molar-refractivity contribution in [1.29, 1.82) is 0 Å². The Morgan fingerprint density at radius 3 is 2.81 bits per heavy atom. The maximum atomic E-state index is 13.9. The van der Waals surface area contributed by atoms with E-state index in [0.717, 1.165) is 19.4 Å². The first kappa shape index (κ1) is 16.2. The van der Waals surface area contributed by atoms with Gasteiger partial charge in [0.05, 0.1) is 0 Å². The van der Waals surface area contributed by atoms with Crippen molar-refractivity contribution in [2.45, 2.75) is 51.8 Å². The number of carbonyl (C=O) groups is 1. The Bertz CT molecular complexity index is 527. The van der Waals surface area contributed by atoms with Crippen molar-refractivity contribution in [2.24, 2.45) is 0 Å². The molecule has 1 aliphatic heterocycles. The van der Waals surface area contributed by atoms with Crippen molar-refractivity contribution in [3.63, 3.8) is 0 Å². The van der Waals surface area contributed by atoms with E-state index in [1.54, 1.807) is 12.1 Å². The number of benzene rings is 1. The molecule has 0 N–H and O–H groups in total. The summed E-state index contributed by atoms with van der Waals surface area (Å²) in [5.41, 5.74) is 0.0477. The number of hydrogen-bond donors (Lipinski definition) is 0. The molecule has 0 bridgehead atoms. The normalized spacial score (nSPS) is 19.8. The zero-order valence-corrected chi connectivity index (χ0v) is 13.4. The van der Waals surface area contributed by atoms with E-state index in [2.05, 4.69) is 0 Å². The van der Waals surface area contributed by atoms with Gasteiger partial charge < -0.3 is 4.74 Å². The number of halogens is 2. The Balaban J connectivity index is 2.06. The average Bonchev–Trinajstić information content (AvgIpc) is 2.79. The van der Waals surface area contributed by atoms with Crippen molar-refractivity contribution < 1.29 is 13.9 Å². The van der Waals surface area contributed by atoms with Crippen LogP contribution in [-0.4, -0.2) is 29.1 Å². The Hall–Kier alpha value is -1.13. The highest BCUT2D eigenvalue weighted by Gasteiger charge is 2.34. The van der Waals surface area contributed by atoms with Gasteiger partial charge in [-0.25, -0.2) is 4.39 Å². The first-order chi connectivity index (χ1) is 9.76. The second-order valence-corrected chi connectivity index (χ2v) is 6.83. The van der Waals surface area contributed by atoms with Crippen molar-refractivity contribution in [1.82, 2.24) is 4.90 Å². The largest absolute Gasteiger partial charge is 0.459 e. The second-order valence-electron chi connectivity index (χ2n) is 6.40. The van der Waals surface area contributed by atoms with Crippen LogP contribution in [0.3, 0.4) is 0 Å². The van der Waals surface area contributed by atoms with Crippen LogP contribution in [0.4, 0.5) is 4.39 Å². The maximum absolute atomic E-state index is 13.9. The van der Waals surface area contributed by atoms with Crippen LogP contribution < -0.4 is 0 Å². The minimum absolute atomic E-state index is 0.227. The zero-order chi connectivity index (χ0) is 15.6. The minimum Gasteiger partial charge on any atom is -0.459 e. The average molecular weight is 314 g/mol. The number of hydrogen-bond acceptors (Lipinski definition) is 3. The first-order valence-corrected chi connectivity index (χ1v) is 7.55. The number of rotatable bonds is 3. The van der Waals surface area contributed by atoms with Crippen LogP contribution in [0.1, 0.15) is 39.2 Å². The summed E-state index contributed by atoms with van der Waals surface area (Å²) in [6, 6.07) is 4.34. The van der Waals surface area contributed by atoms with Crippen LogP contribution in [0, 0.1) is 5.82 Å². The fraction of sp³-hybridized carbons (Fsp3) is 0.562. The molecular formula is C16H21ClFNO2. The molecule has 0 aliphatic carbocycles. The molecule has 1 aliphatic rings. The minimum atomic E-state index is -0.503. The molecule has 1 atom stereocenters. The van der Waals surface area contributed by atoms with Crippen LogP contribution in [0.25, 0.3) is 0 Å². The lowest BCUT2D eigenvalue weighted by Gasteiger charge is -2.27. The fourth-order valence-electron chi connectivity index (χ4n) is 2.52. The van der Waals surface area contributed by atoms with E-state index in [0.29, 0.717) is 17.1 Å². The molecule has 3 nitrogen and oxygen atoms in total. The van der Waals surface area contributed by atoms with Gasteiger partial charge in [0.1, 0.15) is 17.5 Å². The summed E-state index contributed by atoms with van der Waals surface area (Å²) in [7, 11) is 0. The molecule has 21 heavy (non-hydrogen) atoms. The number of esters is 1. The molecule has 2 rings (SSSR count). The monoisotopic (exact) mass is 313 g/mol. The standard InChI is InChI=1S/C16H21ClFNO2/c1-16(2,3)21-15(20)14-5-4-8-19(14)10-11-6-7-12(17)9-13(11)18/h6-7,9,14H,4-5,8,10H2,1-3H3/t14-/m1/s1. The summed E-state index contributed by atoms with van der Waals surface area (Å²) in [4.78, 5) is 14.2. The van der Waals surface area contributed by atoms with E-state index < -0.39 is 5.60 Å². The molecule has 0 aromatic heterocycles. The van der Waals surface area contributed by atoms with E-state index in [1.165, 1.54) is 6.07 Å². The quantitative estimate of drug-likeness (QED) is 0.795. The molecule has 1 aromatic rings. The predicted molar refractivity (Wildman–Crippen MR) is 80.7 cm³/mol. The SMILES string of the molecule is CC(C)(C)OC(=O)[C@H]1CCCN1Cc1ccc(Cl)cc1F. The van der Waals surface area contributed by atoms with Gasteiger partial charge >= 0.3 is 5.97 Å². The molecule has 1 fully saturated rings. The summed E-state index contributed by atoms with van der Waals surface area (Å²) in [5.74, 6) is -0.563. The highest BCUT2D eigenvalue weighted by molar-refractivity contribution is 6.30. The lowest BCUT2D eigenvalue weighted by Crippen LogP contribution is -2.40. The summed E-state index contributed by atoms with van der Waals surface area (Å²) in [5, 5.41) is 0.376. The Labute approximate surface area is 130 Å². The molecule has 5 heteroatoms. The molecule has 0 amide bonds. The highest BCUT2D eigenvalue weighted by atomic mass is 35.5. The highest BCUT2D eigenvalue weighted by Crippen LogP contribution is 2.24. The van der Waals surface area contributed by atoms with Gasteiger partial charge in [-0.2, -0.15) is 0 Å². The van der Waals surface area contributed by atoms with Gasteiger partial charge in [0.25, 0.3) is 0 Å². The van der Waals surface area contributed by atoms with Crippen molar-refractivity contribution in [2.75, 3.05) is 6.54 Å². The molecule has 0 unspecified atom stereocenters. The maximum Gasteiger partial charge on any atom is 0.323 e. The number of carbonyl (C=O) groups excluding carboxylic acids is 1. The van der Waals surface area contributed by atoms with E-state index in [-0.39, 0.29) is 17.8 Å². The van der Waals surface area contributed by atoms with Gasteiger partial charge in [0.15, 0.2) is 0 Å². The lowest BCUT2D eigenvalue weighted by molar-refractivity contribution is -0.160. The summed E-state index contributed by atoms with van der Waals surface area (Å²) < 4.78 is 19.3. The number of nitrogens with zero attached hydrogens (tertiary/aromatic N) is 1. The Morgan fingerprint density at radius 2 is 2.19 bits per heavy atom. The Kier molecular flexibility index (Phi) is 4.89. The van der Waals surface area contributed by atoms with Gasteiger partial charge in [0.2, 0.25) is 0 Å². The van der Waals surface area contributed by atoms with E-state index in [9.17, 15) is 9.18 Å². The third-order valence-corrected chi connectivity index (χ3v) is 3.67. The number of ether oxygens (including phenoxy) is 1. The van der Waals surface area contributed by atoms with Gasteiger partial charge in [-0.3, -0.25) is 9.69 Å². The smallest absolute Gasteiger partial charge is 0.323 e. The van der Waals surface area contributed by atoms with Crippen LogP contribution in [0.15, 0.2) is 18.2 Å². The van der Waals surface area contributed by atoms with Gasteiger partial charge in [-0.15, -0.1) is 0 Å². The Morgan fingerprint density at radius 1 is 1.48 bits per heavy atom. The van der Waals surface area contributed by atoms with Crippen LogP contribution in [-0.2, 0) is 16.1 Å². The van der Waals surface area contributed by atoms with Crippen molar-refractivity contribution in [3.05, 3.63) is 34.6 Å². The number of likely N-dealkylation sites (tertiary alicyclic amines) is 1. The van der Waals surface area contributed by atoms with Crippen molar-refractivity contribution in [3.8, 4) is 0 Å². The second kappa shape index (κ2) is 6.32. The molecule has 0 radical (unpaired) electrons. The fourth-order valence-corrected chi connectivity index (χ4v) is 2.68. The van der Waals surface area contributed by atoms with E-state index in [4.69, 9.17) is 16.3 Å². The lowest BCUT2D eigenvalue weighted by atomic mass is 10.1. The van der Waals surface area contributed by atoms with Crippen LogP contribution in [0.5, 0.6) is 0 Å². The molecule has 0 saturated carbocycles. The first-order valence-electron chi connectivity index (χ1n) is 7.17. The molecule has 1 aromatic carbocycles. The molecular weight excluding hydrogens is 293 g/mol. The van der Waals surface area contributed by atoms with Gasteiger partial charge in [-0.1, -0.05) is 17.7 Å².